The lowest BCUT2D eigenvalue weighted by atomic mass is 10.1. The minimum Gasteiger partial charge on any atom is -0.303 e. The van der Waals surface area contributed by atoms with Crippen LogP contribution in [0.15, 0.2) is 18.3 Å². The van der Waals surface area contributed by atoms with Gasteiger partial charge in [0.2, 0.25) is 0 Å². The van der Waals surface area contributed by atoms with Gasteiger partial charge in [-0.3, -0.25) is 9.78 Å². The summed E-state index contributed by atoms with van der Waals surface area (Å²) in [6, 6.07) is 2.73. The van der Waals surface area contributed by atoms with E-state index < -0.39 is 5.82 Å². The van der Waals surface area contributed by atoms with Crippen molar-refractivity contribution in [2.45, 2.75) is 25.7 Å². The standard InChI is InChI=1S/C13H17FN2O/c14-11-4-5-12(15-10-11)13(17)6-9-16-7-2-1-3-8-16/h4-5,10H,1-3,6-9H2. The van der Waals surface area contributed by atoms with Crippen LogP contribution in [0.5, 0.6) is 0 Å². The van der Waals surface area contributed by atoms with Crippen molar-refractivity contribution in [3.8, 4) is 0 Å². The molecule has 1 fully saturated rings. The van der Waals surface area contributed by atoms with Crippen LogP contribution in [0.2, 0.25) is 0 Å². The molecule has 0 bridgehead atoms. The molecule has 0 atom stereocenters. The third-order valence-electron chi connectivity index (χ3n) is 3.12. The fourth-order valence-electron chi connectivity index (χ4n) is 2.11. The second kappa shape index (κ2) is 5.87. The Bertz CT molecular complexity index is 372. The first-order valence-electron chi connectivity index (χ1n) is 6.13. The third kappa shape index (κ3) is 3.60. The largest absolute Gasteiger partial charge is 0.303 e. The predicted octanol–water partition coefficient (Wildman–Crippen LogP) is 2.28. The zero-order chi connectivity index (χ0) is 12.1. The summed E-state index contributed by atoms with van der Waals surface area (Å²) in [7, 11) is 0. The van der Waals surface area contributed by atoms with Crippen LogP contribution in [0, 0.1) is 5.82 Å². The molecule has 0 N–H and O–H groups in total. The van der Waals surface area contributed by atoms with Crippen molar-refractivity contribution in [3.63, 3.8) is 0 Å². The number of aromatic nitrogens is 1. The van der Waals surface area contributed by atoms with E-state index in [4.69, 9.17) is 0 Å². The molecule has 0 amide bonds. The van der Waals surface area contributed by atoms with Crippen molar-refractivity contribution in [1.29, 1.82) is 0 Å². The maximum absolute atomic E-state index is 12.6. The number of Topliss-reactive ketones (excluding diaryl/α,β-unsaturated/α-hetero) is 1. The third-order valence-corrected chi connectivity index (χ3v) is 3.12. The zero-order valence-electron chi connectivity index (χ0n) is 9.86. The molecule has 1 saturated heterocycles. The van der Waals surface area contributed by atoms with E-state index in [2.05, 4.69) is 9.88 Å². The van der Waals surface area contributed by atoms with Gasteiger partial charge in [0.15, 0.2) is 5.78 Å². The highest BCUT2D eigenvalue weighted by Crippen LogP contribution is 2.10. The van der Waals surface area contributed by atoms with E-state index in [9.17, 15) is 9.18 Å². The minimum absolute atomic E-state index is 0.00410. The number of rotatable bonds is 4. The molecule has 92 valence electrons. The minimum atomic E-state index is -0.405. The maximum atomic E-state index is 12.6. The van der Waals surface area contributed by atoms with Crippen LogP contribution in [0.4, 0.5) is 4.39 Å². The van der Waals surface area contributed by atoms with Gasteiger partial charge in [-0.15, -0.1) is 0 Å². The highest BCUT2D eigenvalue weighted by molar-refractivity contribution is 5.94. The molecule has 2 rings (SSSR count). The Morgan fingerprint density at radius 1 is 1.29 bits per heavy atom. The van der Waals surface area contributed by atoms with Crippen molar-refractivity contribution in [3.05, 3.63) is 29.8 Å². The fourth-order valence-corrected chi connectivity index (χ4v) is 2.11. The van der Waals surface area contributed by atoms with E-state index >= 15 is 0 Å². The van der Waals surface area contributed by atoms with E-state index in [1.54, 1.807) is 0 Å². The van der Waals surface area contributed by atoms with Crippen LogP contribution in [0.25, 0.3) is 0 Å². The SMILES string of the molecule is O=C(CCN1CCCCC1)c1ccc(F)cn1. The molecule has 4 heteroatoms. The Morgan fingerprint density at radius 3 is 2.71 bits per heavy atom. The smallest absolute Gasteiger partial charge is 0.182 e. The summed E-state index contributed by atoms with van der Waals surface area (Å²) in [6.07, 6.45) is 5.31. The number of halogens is 1. The number of nitrogens with zero attached hydrogens (tertiary/aromatic N) is 2. The highest BCUT2D eigenvalue weighted by Gasteiger charge is 2.13. The zero-order valence-corrected chi connectivity index (χ0v) is 9.86. The number of carbonyl (C=O) groups excluding carboxylic acids is 1. The van der Waals surface area contributed by atoms with Crippen molar-refractivity contribution in [2.75, 3.05) is 19.6 Å². The average Bonchev–Trinajstić information content (AvgIpc) is 2.38. The monoisotopic (exact) mass is 236 g/mol. The molecular formula is C13H17FN2O. The summed E-state index contributed by atoms with van der Waals surface area (Å²) < 4.78 is 12.6. The second-order valence-corrected chi connectivity index (χ2v) is 4.44. The molecule has 0 unspecified atom stereocenters. The Hall–Kier alpha value is -1.29. The lowest BCUT2D eigenvalue weighted by Gasteiger charge is -2.25. The van der Waals surface area contributed by atoms with Gasteiger partial charge in [-0.05, 0) is 38.1 Å². The Morgan fingerprint density at radius 2 is 2.06 bits per heavy atom. The molecule has 0 radical (unpaired) electrons. The van der Waals surface area contributed by atoms with Gasteiger partial charge in [-0.25, -0.2) is 4.39 Å². The fraction of sp³-hybridized carbons (Fsp3) is 0.538. The van der Waals surface area contributed by atoms with E-state index in [1.165, 1.54) is 31.4 Å². The van der Waals surface area contributed by atoms with Crippen LogP contribution >= 0.6 is 0 Å². The summed E-state index contributed by atoms with van der Waals surface area (Å²) >= 11 is 0. The number of hydrogen-bond acceptors (Lipinski definition) is 3. The van der Waals surface area contributed by atoms with E-state index in [0.717, 1.165) is 25.8 Å². The second-order valence-electron chi connectivity index (χ2n) is 4.44. The quantitative estimate of drug-likeness (QED) is 0.752. The molecule has 0 aliphatic carbocycles. The predicted molar refractivity (Wildman–Crippen MR) is 63.4 cm³/mol. The molecule has 1 aliphatic heterocycles. The molecular weight excluding hydrogens is 219 g/mol. The van der Waals surface area contributed by atoms with Gasteiger partial charge in [0.05, 0.1) is 6.20 Å². The van der Waals surface area contributed by atoms with Crippen LogP contribution in [0.1, 0.15) is 36.2 Å². The van der Waals surface area contributed by atoms with Gasteiger partial charge >= 0.3 is 0 Å². The molecule has 1 aromatic heterocycles. The van der Waals surface area contributed by atoms with Crippen molar-refractivity contribution < 1.29 is 9.18 Å². The highest BCUT2D eigenvalue weighted by atomic mass is 19.1. The van der Waals surface area contributed by atoms with Crippen LogP contribution < -0.4 is 0 Å². The molecule has 0 saturated carbocycles. The van der Waals surface area contributed by atoms with Gasteiger partial charge in [0.25, 0.3) is 0 Å². The molecule has 2 heterocycles. The number of piperidine rings is 1. The Balaban J connectivity index is 1.82. The lowest BCUT2D eigenvalue weighted by molar-refractivity contribution is 0.0954. The Labute approximate surface area is 101 Å². The van der Waals surface area contributed by atoms with Crippen molar-refractivity contribution in [1.82, 2.24) is 9.88 Å². The van der Waals surface area contributed by atoms with Crippen molar-refractivity contribution >= 4 is 5.78 Å². The summed E-state index contributed by atoms with van der Waals surface area (Å²) in [5.74, 6) is -0.409. The van der Waals surface area contributed by atoms with Gasteiger partial charge < -0.3 is 4.90 Å². The molecule has 1 aromatic rings. The summed E-state index contributed by atoms with van der Waals surface area (Å²) in [6.45, 7) is 2.96. The molecule has 1 aliphatic rings. The summed E-state index contributed by atoms with van der Waals surface area (Å²) in [5, 5.41) is 0. The molecule has 3 nitrogen and oxygen atoms in total. The number of hydrogen-bond donors (Lipinski definition) is 0. The lowest BCUT2D eigenvalue weighted by Crippen LogP contribution is -2.31. The van der Waals surface area contributed by atoms with Crippen molar-refractivity contribution in [2.24, 2.45) is 0 Å². The van der Waals surface area contributed by atoms with Gasteiger partial charge in [-0.1, -0.05) is 6.42 Å². The van der Waals surface area contributed by atoms with E-state index in [0.29, 0.717) is 12.1 Å². The molecule has 0 spiro atoms. The number of pyridine rings is 1. The summed E-state index contributed by atoms with van der Waals surface area (Å²) in [5.41, 5.74) is 0.364. The van der Waals surface area contributed by atoms with Gasteiger partial charge in [0.1, 0.15) is 11.5 Å². The first-order chi connectivity index (χ1) is 8.25. The topological polar surface area (TPSA) is 33.2 Å². The number of carbonyl (C=O) groups is 1. The van der Waals surface area contributed by atoms with E-state index in [-0.39, 0.29) is 5.78 Å². The van der Waals surface area contributed by atoms with Crippen LogP contribution in [-0.2, 0) is 0 Å². The number of ketones is 1. The Kier molecular flexibility index (Phi) is 4.20. The molecule has 17 heavy (non-hydrogen) atoms. The maximum Gasteiger partial charge on any atom is 0.182 e. The first kappa shape index (κ1) is 12.2. The summed E-state index contributed by atoms with van der Waals surface area (Å²) in [4.78, 5) is 17.9. The van der Waals surface area contributed by atoms with Gasteiger partial charge in [-0.2, -0.15) is 0 Å². The van der Waals surface area contributed by atoms with Crippen LogP contribution in [-0.4, -0.2) is 35.3 Å². The van der Waals surface area contributed by atoms with Gasteiger partial charge in [0, 0.05) is 13.0 Å². The number of likely N-dealkylation sites (tertiary alicyclic amines) is 1. The first-order valence-corrected chi connectivity index (χ1v) is 6.13. The van der Waals surface area contributed by atoms with E-state index in [1.807, 2.05) is 0 Å². The normalized spacial score (nSPS) is 17.0. The average molecular weight is 236 g/mol. The van der Waals surface area contributed by atoms with Crippen LogP contribution in [0.3, 0.4) is 0 Å². The molecule has 0 aromatic carbocycles.